The van der Waals surface area contributed by atoms with Crippen molar-refractivity contribution >= 4 is 34.6 Å². The van der Waals surface area contributed by atoms with Crippen molar-refractivity contribution in [3.63, 3.8) is 0 Å². The van der Waals surface area contributed by atoms with Crippen molar-refractivity contribution in [3.8, 4) is 0 Å². The van der Waals surface area contributed by atoms with E-state index < -0.39 is 4.75 Å². The predicted octanol–water partition coefficient (Wildman–Crippen LogP) is 1.44. The largest absolute Gasteiger partial charge is 0.468 e. The van der Waals surface area contributed by atoms with Crippen LogP contribution in [0.4, 0.5) is 5.82 Å². The summed E-state index contributed by atoms with van der Waals surface area (Å²) in [6.45, 7) is 1.39. The number of aromatic nitrogens is 3. The summed E-state index contributed by atoms with van der Waals surface area (Å²) < 4.78 is 4.46. The fraction of sp³-hybridized carbons (Fsp3) is 0.462. The summed E-state index contributed by atoms with van der Waals surface area (Å²) in [7, 11) is 1.44. The van der Waals surface area contributed by atoms with E-state index in [1.165, 1.54) is 7.11 Å². The molecular formula is C13H16N4O2S. The topological polar surface area (TPSA) is 71.1 Å². The van der Waals surface area contributed by atoms with Gasteiger partial charge in [0.2, 0.25) is 0 Å². The number of ether oxygens (including phenoxy) is 1. The van der Waals surface area contributed by atoms with Gasteiger partial charge in [-0.05, 0) is 18.7 Å². The Morgan fingerprint density at radius 1 is 1.55 bits per heavy atom. The van der Waals surface area contributed by atoms with Crippen LogP contribution in [0, 0.1) is 0 Å². The molecule has 1 aliphatic rings. The second-order valence-corrected chi connectivity index (χ2v) is 5.99. The van der Waals surface area contributed by atoms with Gasteiger partial charge in [-0.3, -0.25) is 4.79 Å². The molecule has 7 heteroatoms. The molecule has 20 heavy (non-hydrogen) atoms. The Morgan fingerprint density at radius 2 is 2.40 bits per heavy atom. The quantitative estimate of drug-likeness (QED) is 0.863. The Kier molecular flexibility index (Phi) is 3.29. The number of nitrogens with one attached hydrogen (secondary N) is 1. The van der Waals surface area contributed by atoms with E-state index in [9.17, 15) is 4.79 Å². The number of fused-ring (bicyclic) bond motifs is 1. The monoisotopic (exact) mass is 292 g/mol. The van der Waals surface area contributed by atoms with Crippen LogP contribution in [-0.2, 0) is 9.53 Å². The van der Waals surface area contributed by atoms with E-state index in [-0.39, 0.29) is 5.97 Å². The molecule has 2 aromatic rings. The lowest BCUT2D eigenvalue weighted by atomic mass is 10.1. The Balaban J connectivity index is 1.94. The Morgan fingerprint density at radius 3 is 3.15 bits per heavy atom. The van der Waals surface area contributed by atoms with E-state index in [4.69, 9.17) is 4.74 Å². The van der Waals surface area contributed by atoms with Crippen molar-refractivity contribution in [1.29, 1.82) is 0 Å². The van der Waals surface area contributed by atoms with Crippen molar-refractivity contribution < 1.29 is 9.53 Å². The number of hydrogen-bond acceptors (Lipinski definition) is 6. The maximum Gasteiger partial charge on any atom is 0.323 e. The van der Waals surface area contributed by atoms with Gasteiger partial charge in [-0.25, -0.2) is 9.97 Å². The molecule has 0 saturated carbocycles. The van der Waals surface area contributed by atoms with Crippen LogP contribution in [0.3, 0.4) is 0 Å². The second-order valence-electron chi connectivity index (χ2n) is 4.80. The average molecular weight is 292 g/mol. The van der Waals surface area contributed by atoms with Crippen LogP contribution in [0.25, 0.3) is 11.0 Å². The third-order valence-corrected chi connectivity index (χ3v) is 5.09. The summed E-state index contributed by atoms with van der Waals surface area (Å²) in [6.07, 6.45) is 6.11. The van der Waals surface area contributed by atoms with Crippen LogP contribution in [0.1, 0.15) is 6.42 Å². The Hall–Kier alpha value is -1.76. The summed E-state index contributed by atoms with van der Waals surface area (Å²) in [5.41, 5.74) is 0.815. The van der Waals surface area contributed by atoms with Crippen LogP contribution in [0.2, 0.25) is 0 Å². The first-order valence-electron chi connectivity index (χ1n) is 6.37. The molecule has 1 N–H and O–H groups in total. The number of aromatic amines is 1. The SMILES string of the molecule is COC(=O)C1(SC)CCN(c2ncnc3[nH]ccc23)C1. The number of rotatable bonds is 3. The molecule has 0 radical (unpaired) electrons. The van der Waals surface area contributed by atoms with Crippen molar-refractivity contribution in [2.45, 2.75) is 11.2 Å². The van der Waals surface area contributed by atoms with E-state index >= 15 is 0 Å². The minimum atomic E-state index is -0.498. The minimum Gasteiger partial charge on any atom is -0.468 e. The van der Waals surface area contributed by atoms with Gasteiger partial charge in [0, 0.05) is 19.3 Å². The summed E-state index contributed by atoms with van der Waals surface area (Å²) in [6, 6.07) is 1.96. The standard InChI is InChI=1S/C13H16N4O2S/c1-19-12(18)13(20-2)4-6-17(7-13)11-9-3-5-14-10(9)15-8-16-11/h3,5,8H,4,6-7H2,1-2H3,(H,14,15,16). The minimum absolute atomic E-state index is 0.160. The third kappa shape index (κ3) is 1.93. The fourth-order valence-corrected chi connectivity index (χ4v) is 3.51. The maximum atomic E-state index is 12.0. The van der Waals surface area contributed by atoms with E-state index in [0.29, 0.717) is 6.54 Å². The van der Waals surface area contributed by atoms with Crippen LogP contribution in [-0.4, -0.2) is 52.1 Å². The van der Waals surface area contributed by atoms with Crippen LogP contribution < -0.4 is 4.90 Å². The van der Waals surface area contributed by atoms with Crippen LogP contribution >= 0.6 is 11.8 Å². The number of anilines is 1. The smallest absolute Gasteiger partial charge is 0.323 e. The van der Waals surface area contributed by atoms with Gasteiger partial charge in [0.05, 0.1) is 12.5 Å². The molecule has 0 aliphatic carbocycles. The molecule has 0 aromatic carbocycles. The number of esters is 1. The number of hydrogen-bond donors (Lipinski definition) is 1. The van der Waals surface area contributed by atoms with Gasteiger partial charge >= 0.3 is 5.97 Å². The van der Waals surface area contributed by atoms with Crippen molar-refractivity contribution in [2.24, 2.45) is 0 Å². The second kappa shape index (κ2) is 4.97. The lowest BCUT2D eigenvalue weighted by molar-refractivity contribution is -0.142. The normalized spacial score (nSPS) is 22.4. The van der Waals surface area contributed by atoms with Gasteiger partial charge in [0.15, 0.2) is 0 Å². The lowest BCUT2D eigenvalue weighted by Gasteiger charge is -2.24. The first-order valence-corrected chi connectivity index (χ1v) is 7.59. The number of H-pyrrole nitrogens is 1. The number of carbonyl (C=O) groups is 1. The third-order valence-electron chi connectivity index (χ3n) is 3.81. The van der Waals surface area contributed by atoms with Crippen molar-refractivity contribution in [1.82, 2.24) is 15.0 Å². The molecule has 1 atom stereocenters. The first kappa shape index (κ1) is 13.2. The number of thioether (sulfide) groups is 1. The molecule has 0 bridgehead atoms. The van der Waals surface area contributed by atoms with Gasteiger partial charge in [-0.1, -0.05) is 0 Å². The first-order chi connectivity index (χ1) is 9.70. The number of methoxy groups -OCH3 is 1. The van der Waals surface area contributed by atoms with Crippen LogP contribution in [0.5, 0.6) is 0 Å². The molecule has 0 amide bonds. The zero-order chi connectivity index (χ0) is 14.2. The maximum absolute atomic E-state index is 12.0. The molecule has 3 rings (SSSR count). The van der Waals surface area contributed by atoms with Gasteiger partial charge < -0.3 is 14.6 Å². The van der Waals surface area contributed by atoms with Gasteiger partial charge in [0.25, 0.3) is 0 Å². The lowest BCUT2D eigenvalue weighted by Crippen LogP contribution is -2.39. The summed E-state index contributed by atoms with van der Waals surface area (Å²) in [4.78, 5) is 25.8. The Bertz CT molecular complexity index is 644. The van der Waals surface area contributed by atoms with E-state index in [0.717, 1.165) is 29.8 Å². The predicted molar refractivity (Wildman–Crippen MR) is 79.0 cm³/mol. The highest BCUT2D eigenvalue weighted by atomic mass is 32.2. The molecule has 1 unspecified atom stereocenters. The van der Waals surface area contributed by atoms with E-state index in [1.54, 1.807) is 18.1 Å². The van der Waals surface area contributed by atoms with Crippen molar-refractivity contribution in [2.75, 3.05) is 31.4 Å². The molecule has 2 aromatic heterocycles. The molecule has 1 saturated heterocycles. The zero-order valence-corrected chi connectivity index (χ0v) is 12.2. The van der Waals surface area contributed by atoms with E-state index in [1.807, 2.05) is 18.5 Å². The molecular weight excluding hydrogens is 276 g/mol. The highest BCUT2D eigenvalue weighted by Crippen LogP contribution is 2.37. The molecule has 1 fully saturated rings. The average Bonchev–Trinajstić information content (AvgIpc) is 3.13. The summed E-state index contributed by atoms with van der Waals surface area (Å²) in [5.74, 6) is 0.711. The summed E-state index contributed by atoms with van der Waals surface area (Å²) in [5, 5.41) is 0.981. The molecule has 106 valence electrons. The number of nitrogens with zero attached hydrogens (tertiary/aromatic N) is 3. The van der Waals surface area contributed by atoms with Gasteiger partial charge in [0.1, 0.15) is 22.5 Å². The highest BCUT2D eigenvalue weighted by molar-refractivity contribution is 8.00. The molecule has 6 nitrogen and oxygen atoms in total. The van der Waals surface area contributed by atoms with Crippen LogP contribution in [0.15, 0.2) is 18.6 Å². The molecule has 0 spiro atoms. The van der Waals surface area contributed by atoms with E-state index in [2.05, 4.69) is 19.9 Å². The van der Waals surface area contributed by atoms with Crippen molar-refractivity contribution in [3.05, 3.63) is 18.6 Å². The fourth-order valence-electron chi connectivity index (χ4n) is 2.68. The Labute approximate surface area is 120 Å². The van der Waals surface area contributed by atoms with Gasteiger partial charge in [-0.2, -0.15) is 0 Å². The molecule has 3 heterocycles. The summed E-state index contributed by atoms with van der Waals surface area (Å²) >= 11 is 1.55. The zero-order valence-electron chi connectivity index (χ0n) is 11.4. The van der Waals surface area contributed by atoms with Gasteiger partial charge in [-0.15, -0.1) is 11.8 Å². The molecule has 1 aliphatic heterocycles. The number of carbonyl (C=O) groups excluding carboxylic acids is 1. The highest BCUT2D eigenvalue weighted by Gasteiger charge is 2.45.